The van der Waals surface area contributed by atoms with E-state index in [1.165, 1.54) is 37.4 Å². The lowest BCUT2D eigenvalue weighted by Gasteiger charge is -2.18. The number of amides is 2. The van der Waals surface area contributed by atoms with E-state index in [1.807, 2.05) is 0 Å². The molecule has 0 aromatic heterocycles. The molecular formula is C18H12Cl2N2O5. The normalized spacial score (nSPS) is 14.0. The van der Waals surface area contributed by atoms with Gasteiger partial charge in [-0.3, -0.25) is 9.59 Å². The van der Waals surface area contributed by atoms with Crippen molar-refractivity contribution >= 4 is 52.4 Å². The molecule has 1 aliphatic rings. The molecular weight excluding hydrogens is 395 g/mol. The Morgan fingerprint density at radius 3 is 2.52 bits per heavy atom. The third-order valence-corrected chi connectivity index (χ3v) is 4.38. The molecule has 0 radical (unpaired) electrons. The van der Waals surface area contributed by atoms with E-state index in [0.29, 0.717) is 5.02 Å². The number of rotatable bonds is 4. The molecule has 3 rings (SSSR count). The average Bonchev–Trinajstić information content (AvgIpc) is 2.87. The van der Waals surface area contributed by atoms with Crippen molar-refractivity contribution in [3.8, 4) is 5.75 Å². The lowest BCUT2D eigenvalue weighted by molar-refractivity contribution is -0.120. The maximum Gasteiger partial charge on any atom is 0.339 e. The Morgan fingerprint density at radius 1 is 1.11 bits per heavy atom. The molecule has 0 aliphatic carbocycles. The molecule has 0 spiro atoms. The number of phenols is 1. The third kappa shape index (κ3) is 3.34. The summed E-state index contributed by atoms with van der Waals surface area (Å²) in [6.07, 6.45) is 0. The second-order valence-corrected chi connectivity index (χ2v) is 6.24. The van der Waals surface area contributed by atoms with Gasteiger partial charge in [0.25, 0.3) is 11.8 Å². The molecule has 0 fully saturated rings. The molecule has 2 amide bonds. The van der Waals surface area contributed by atoms with Crippen LogP contribution in [0.15, 0.2) is 53.2 Å². The van der Waals surface area contributed by atoms with E-state index in [4.69, 9.17) is 23.2 Å². The van der Waals surface area contributed by atoms with E-state index in [2.05, 4.69) is 10.1 Å². The van der Waals surface area contributed by atoms with Gasteiger partial charge in [0.2, 0.25) is 0 Å². The zero-order valence-electron chi connectivity index (χ0n) is 13.8. The minimum atomic E-state index is -0.818. The molecule has 0 unspecified atom stereocenters. The molecule has 0 saturated carbocycles. The zero-order valence-corrected chi connectivity index (χ0v) is 15.3. The average molecular weight is 407 g/mol. The number of halogens is 2. The standard InChI is InChI=1S/C18H12Cl2N2O5/c1-27-18(26)10-4-2-3-5-12(10)22-16(24)14(20)15(17(22)25)21-11-8-9(19)6-7-13(11)23/h2-8,21,23H,1H3. The van der Waals surface area contributed by atoms with Gasteiger partial charge in [-0.05, 0) is 30.3 Å². The van der Waals surface area contributed by atoms with E-state index in [-0.39, 0.29) is 33.4 Å². The van der Waals surface area contributed by atoms with E-state index >= 15 is 0 Å². The SMILES string of the molecule is COC(=O)c1ccccc1N1C(=O)C(Cl)=C(Nc2cc(Cl)ccc2O)C1=O. The summed E-state index contributed by atoms with van der Waals surface area (Å²) in [5, 5.41) is 12.4. The van der Waals surface area contributed by atoms with Crippen LogP contribution in [0.4, 0.5) is 11.4 Å². The van der Waals surface area contributed by atoms with Crippen molar-refractivity contribution in [2.75, 3.05) is 17.3 Å². The Labute approximate surface area is 163 Å². The zero-order chi connectivity index (χ0) is 19.7. The van der Waals surface area contributed by atoms with Crippen molar-refractivity contribution in [2.24, 2.45) is 0 Å². The Morgan fingerprint density at radius 2 is 1.81 bits per heavy atom. The van der Waals surface area contributed by atoms with Crippen molar-refractivity contribution in [3.63, 3.8) is 0 Å². The molecule has 2 aromatic carbocycles. The topological polar surface area (TPSA) is 95.9 Å². The van der Waals surface area contributed by atoms with E-state index in [1.54, 1.807) is 12.1 Å². The van der Waals surface area contributed by atoms with E-state index in [9.17, 15) is 19.5 Å². The van der Waals surface area contributed by atoms with Crippen LogP contribution in [0.1, 0.15) is 10.4 Å². The number of carbonyl (C=O) groups excluding carboxylic acids is 3. The number of ether oxygens (including phenoxy) is 1. The van der Waals surface area contributed by atoms with Gasteiger partial charge in [-0.25, -0.2) is 9.69 Å². The summed E-state index contributed by atoms with van der Waals surface area (Å²) in [7, 11) is 1.19. The second-order valence-electron chi connectivity index (χ2n) is 5.43. The van der Waals surface area contributed by atoms with Gasteiger partial charge in [0, 0.05) is 5.02 Å². The first-order valence-electron chi connectivity index (χ1n) is 7.56. The first kappa shape index (κ1) is 18.8. The molecule has 0 atom stereocenters. The highest BCUT2D eigenvalue weighted by molar-refractivity contribution is 6.53. The minimum Gasteiger partial charge on any atom is -0.506 e. The van der Waals surface area contributed by atoms with Crippen LogP contribution < -0.4 is 10.2 Å². The highest BCUT2D eigenvalue weighted by atomic mass is 35.5. The summed E-state index contributed by atoms with van der Waals surface area (Å²) in [5.74, 6) is -2.51. The Bertz CT molecular complexity index is 1000. The van der Waals surface area contributed by atoms with Crippen LogP contribution in [0.3, 0.4) is 0 Å². The molecule has 0 bridgehead atoms. The number of anilines is 2. The van der Waals surface area contributed by atoms with Crippen LogP contribution >= 0.6 is 23.2 Å². The Balaban J connectivity index is 2.00. The number of para-hydroxylation sites is 1. The van der Waals surface area contributed by atoms with Gasteiger partial charge >= 0.3 is 5.97 Å². The van der Waals surface area contributed by atoms with Gasteiger partial charge in [0.05, 0.1) is 24.0 Å². The monoisotopic (exact) mass is 406 g/mol. The number of aromatic hydroxyl groups is 1. The number of hydrogen-bond acceptors (Lipinski definition) is 6. The number of esters is 1. The largest absolute Gasteiger partial charge is 0.506 e. The van der Waals surface area contributed by atoms with E-state index in [0.717, 1.165) is 4.90 Å². The van der Waals surface area contributed by atoms with E-state index < -0.39 is 17.8 Å². The molecule has 138 valence electrons. The first-order chi connectivity index (χ1) is 12.8. The number of imide groups is 1. The summed E-state index contributed by atoms with van der Waals surface area (Å²) >= 11 is 11.9. The molecule has 1 aliphatic heterocycles. The number of nitrogens with zero attached hydrogens (tertiary/aromatic N) is 1. The lowest BCUT2D eigenvalue weighted by atomic mass is 10.1. The number of phenolic OH excluding ortho intramolecular Hbond substituents is 1. The van der Waals surface area contributed by atoms with Crippen LogP contribution in [0.2, 0.25) is 5.02 Å². The van der Waals surface area contributed by atoms with Gasteiger partial charge in [-0.1, -0.05) is 35.3 Å². The number of methoxy groups -OCH3 is 1. The molecule has 9 heteroatoms. The van der Waals surface area contributed by atoms with Crippen LogP contribution in [-0.4, -0.2) is 30.0 Å². The van der Waals surface area contributed by atoms with Gasteiger partial charge in [0.15, 0.2) is 0 Å². The molecule has 2 N–H and O–H groups in total. The van der Waals surface area contributed by atoms with Gasteiger partial charge in [0.1, 0.15) is 16.5 Å². The maximum atomic E-state index is 12.8. The van der Waals surface area contributed by atoms with Crippen LogP contribution in [0.25, 0.3) is 0 Å². The highest BCUT2D eigenvalue weighted by Gasteiger charge is 2.40. The highest BCUT2D eigenvalue weighted by Crippen LogP contribution is 2.34. The smallest absolute Gasteiger partial charge is 0.339 e. The van der Waals surface area contributed by atoms with Crippen molar-refractivity contribution in [1.29, 1.82) is 0 Å². The molecule has 0 saturated heterocycles. The number of benzene rings is 2. The number of carbonyl (C=O) groups is 3. The van der Waals surface area contributed by atoms with Gasteiger partial charge in [-0.2, -0.15) is 0 Å². The molecule has 2 aromatic rings. The fourth-order valence-corrected chi connectivity index (χ4v) is 2.91. The molecule has 27 heavy (non-hydrogen) atoms. The van der Waals surface area contributed by atoms with Crippen LogP contribution in [-0.2, 0) is 14.3 Å². The molecule has 7 nitrogen and oxygen atoms in total. The maximum absolute atomic E-state index is 12.8. The van der Waals surface area contributed by atoms with Crippen molar-refractivity contribution in [2.45, 2.75) is 0 Å². The Kier molecular flexibility index (Phi) is 5.07. The van der Waals surface area contributed by atoms with Crippen LogP contribution in [0.5, 0.6) is 5.75 Å². The predicted octanol–water partition coefficient (Wildman–Crippen LogP) is 3.27. The first-order valence-corrected chi connectivity index (χ1v) is 8.32. The summed E-state index contributed by atoms with van der Waals surface area (Å²) in [5.41, 5.74) is -0.0959. The second kappa shape index (κ2) is 7.30. The predicted molar refractivity (Wildman–Crippen MR) is 99.9 cm³/mol. The van der Waals surface area contributed by atoms with Crippen molar-refractivity contribution in [1.82, 2.24) is 0 Å². The van der Waals surface area contributed by atoms with Crippen LogP contribution in [0, 0.1) is 0 Å². The summed E-state index contributed by atoms with van der Waals surface area (Å²) in [6, 6.07) is 10.1. The third-order valence-electron chi connectivity index (χ3n) is 3.80. The fraction of sp³-hybridized carbons (Fsp3) is 0.0556. The van der Waals surface area contributed by atoms with Gasteiger partial charge < -0.3 is 15.2 Å². The summed E-state index contributed by atoms with van der Waals surface area (Å²) in [6.45, 7) is 0. The lowest BCUT2D eigenvalue weighted by Crippen LogP contribution is -2.33. The summed E-state index contributed by atoms with van der Waals surface area (Å²) in [4.78, 5) is 38.1. The Hall–Kier alpha value is -3.03. The minimum absolute atomic E-state index is 0.0259. The van der Waals surface area contributed by atoms with Gasteiger partial charge in [-0.15, -0.1) is 0 Å². The number of hydrogen-bond donors (Lipinski definition) is 2. The fourth-order valence-electron chi connectivity index (χ4n) is 2.52. The number of nitrogens with one attached hydrogen (secondary N) is 1. The summed E-state index contributed by atoms with van der Waals surface area (Å²) < 4.78 is 4.69. The van der Waals surface area contributed by atoms with Crippen molar-refractivity contribution < 1.29 is 24.2 Å². The molecule has 1 heterocycles. The van der Waals surface area contributed by atoms with Crippen molar-refractivity contribution in [3.05, 3.63) is 63.8 Å². The quantitative estimate of drug-likeness (QED) is 0.459.